The van der Waals surface area contributed by atoms with Crippen LogP contribution >= 0.6 is 34.5 Å². The summed E-state index contributed by atoms with van der Waals surface area (Å²) in [6.45, 7) is 0. The van der Waals surface area contributed by atoms with Gasteiger partial charge in [0, 0.05) is 17.4 Å². The summed E-state index contributed by atoms with van der Waals surface area (Å²) in [5.74, 6) is 1.15. The highest BCUT2D eigenvalue weighted by atomic mass is 35.5. The molecule has 0 aliphatic heterocycles. The number of thiazole rings is 1. The van der Waals surface area contributed by atoms with E-state index in [1.165, 1.54) is 30.2 Å². The lowest BCUT2D eigenvalue weighted by atomic mass is 10.3. The Balaban J connectivity index is 2.00. The largest absolute Gasteiger partial charge is 0.237 e. The lowest BCUT2D eigenvalue weighted by Gasteiger charge is -1.96. The molecule has 0 N–H and O–H groups in total. The molecule has 2 aromatic heterocycles. The number of hydrogen-bond acceptors (Lipinski definition) is 4. The predicted molar refractivity (Wildman–Crippen MR) is 65.1 cm³/mol. The number of rotatable bonds is 2. The molecule has 0 atom stereocenters. The van der Waals surface area contributed by atoms with Gasteiger partial charge in [0.1, 0.15) is 10.3 Å². The van der Waals surface area contributed by atoms with Crippen molar-refractivity contribution in [1.29, 1.82) is 0 Å². The second kappa shape index (κ2) is 3.95. The van der Waals surface area contributed by atoms with Gasteiger partial charge >= 0.3 is 0 Å². The summed E-state index contributed by atoms with van der Waals surface area (Å²) in [4.78, 5) is 12.7. The molecule has 16 heavy (non-hydrogen) atoms. The Bertz CT molecular complexity index is 516. The van der Waals surface area contributed by atoms with E-state index in [0.29, 0.717) is 22.0 Å². The fourth-order valence-corrected chi connectivity index (χ4v) is 2.70. The van der Waals surface area contributed by atoms with E-state index in [0.717, 1.165) is 10.7 Å². The number of nitrogens with zero attached hydrogens (tertiary/aromatic N) is 3. The van der Waals surface area contributed by atoms with Gasteiger partial charge in [-0.15, -0.1) is 11.3 Å². The topological polar surface area (TPSA) is 38.7 Å². The highest BCUT2D eigenvalue weighted by Gasteiger charge is 2.26. The first-order chi connectivity index (χ1) is 7.72. The van der Waals surface area contributed by atoms with Gasteiger partial charge in [-0.3, -0.25) is 0 Å². The van der Waals surface area contributed by atoms with Crippen LogP contribution in [-0.4, -0.2) is 15.0 Å². The fourth-order valence-electron chi connectivity index (χ4n) is 1.44. The zero-order chi connectivity index (χ0) is 11.1. The normalized spacial score (nSPS) is 15.4. The molecule has 1 saturated carbocycles. The van der Waals surface area contributed by atoms with Gasteiger partial charge in [-0.05, 0) is 12.8 Å². The maximum atomic E-state index is 5.82. The second-order valence-electron chi connectivity index (χ2n) is 3.69. The van der Waals surface area contributed by atoms with Gasteiger partial charge in [-0.25, -0.2) is 15.0 Å². The minimum absolute atomic E-state index is 0.346. The van der Waals surface area contributed by atoms with Gasteiger partial charge in [-0.1, -0.05) is 23.2 Å². The molecular formula is C10H7Cl2N3S. The summed E-state index contributed by atoms with van der Waals surface area (Å²) in [5.41, 5.74) is 1.14. The molecule has 1 aliphatic rings. The summed E-state index contributed by atoms with van der Waals surface area (Å²) in [6.07, 6.45) is 2.47. The number of aromatic nitrogens is 3. The van der Waals surface area contributed by atoms with E-state index in [1.54, 1.807) is 0 Å². The van der Waals surface area contributed by atoms with Gasteiger partial charge in [0.15, 0.2) is 10.8 Å². The Morgan fingerprint density at radius 1 is 1.12 bits per heavy atom. The maximum absolute atomic E-state index is 5.82. The first-order valence-corrected chi connectivity index (χ1v) is 6.52. The van der Waals surface area contributed by atoms with Crippen LogP contribution in [-0.2, 0) is 0 Å². The van der Waals surface area contributed by atoms with Crippen molar-refractivity contribution in [3.63, 3.8) is 0 Å². The highest BCUT2D eigenvalue weighted by molar-refractivity contribution is 7.13. The van der Waals surface area contributed by atoms with Crippen LogP contribution in [0.15, 0.2) is 11.4 Å². The maximum Gasteiger partial charge on any atom is 0.191 e. The van der Waals surface area contributed by atoms with Gasteiger partial charge in [0.2, 0.25) is 0 Å². The number of halogens is 2. The first-order valence-electron chi connectivity index (χ1n) is 4.88. The second-order valence-corrected chi connectivity index (χ2v) is 5.32. The lowest BCUT2D eigenvalue weighted by Crippen LogP contribution is -1.90. The molecule has 0 spiro atoms. The van der Waals surface area contributed by atoms with Crippen LogP contribution in [0.2, 0.25) is 10.3 Å². The zero-order valence-corrected chi connectivity index (χ0v) is 10.5. The summed E-state index contributed by atoms with van der Waals surface area (Å²) in [7, 11) is 0. The third-order valence-electron chi connectivity index (χ3n) is 2.37. The summed E-state index contributed by atoms with van der Waals surface area (Å²) >= 11 is 13.2. The molecule has 82 valence electrons. The standard InChI is InChI=1S/C10H7Cl2N3S/c11-7-3-8(12)15-9(14-7)10-13-6(4-16-10)5-1-2-5/h3-5H,1-2H2. The molecule has 0 unspecified atom stereocenters. The number of hydrogen-bond donors (Lipinski definition) is 0. The van der Waals surface area contributed by atoms with Crippen molar-refractivity contribution in [2.75, 3.05) is 0 Å². The monoisotopic (exact) mass is 271 g/mol. The van der Waals surface area contributed by atoms with Crippen LogP contribution in [0.5, 0.6) is 0 Å². The van der Waals surface area contributed by atoms with Crippen LogP contribution in [0.4, 0.5) is 0 Å². The fraction of sp³-hybridized carbons (Fsp3) is 0.300. The molecule has 0 bridgehead atoms. The van der Waals surface area contributed by atoms with Crippen LogP contribution in [0.1, 0.15) is 24.5 Å². The molecular weight excluding hydrogens is 265 g/mol. The molecule has 0 saturated heterocycles. The van der Waals surface area contributed by atoms with E-state index in [2.05, 4.69) is 20.3 Å². The summed E-state index contributed by atoms with van der Waals surface area (Å²) in [6, 6.07) is 1.52. The van der Waals surface area contributed by atoms with Crippen molar-refractivity contribution < 1.29 is 0 Å². The minimum Gasteiger partial charge on any atom is -0.237 e. The Morgan fingerprint density at radius 2 is 1.81 bits per heavy atom. The van der Waals surface area contributed by atoms with E-state index in [9.17, 15) is 0 Å². The Morgan fingerprint density at radius 3 is 2.44 bits per heavy atom. The van der Waals surface area contributed by atoms with Crippen LogP contribution in [0, 0.1) is 0 Å². The average molecular weight is 272 g/mol. The highest BCUT2D eigenvalue weighted by Crippen LogP contribution is 2.41. The molecule has 2 heterocycles. The van der Waals surface area contributed by atoms with E-state index >= 15 is 0 Å². The van der Waals surface area contributed by atoms with Crippen LogP contribution in [0.25, 0.3) is 10.8 Å². The van der Waals surface area contributed by atoms with Crippen molar-refractivity contribution in [3.05, 3.63) is 27.4 Å². The quantitative estimate of drug-likeness (QED) is 0.781. The molecule has 2 aromatic rings. The zero-order valence-electron chi connectivity index (χ0n) is 8.15. The Labute approximate surface area is 106 Å². The molecule has 3 rings (SSSR count). The van der Waals surface area contributed by atoms with Gasteiger partial charge in [0.05, 0.1) is 5.69 Å². The molecule has 1 aliphatic carbocycles. The van der Waals surface area contributed by atoms with Crippen molar-refractivity contribution in [3.8, 4) is 10.8 Å². The minimum atomic E-state index is 0.346. The van der Waals surface area contributed by atoms with Gasteiger partial charge in [0.25, 0.3) is 0 Å². The van der Waals surface area contributed by atoms with Crippen molar-refractivity contribution in [1.82, 2.24) is 15.0 Å². The van der Waals surface area contributed by atoms with Crippen molar-refractivity contribution >= 4 is 34.5 Å². The third-order valence-corrected chi connectivity index (χ3v) is 3.62. The third kappa shape index (κ3) is 2.05. The van der Waals surface area contributed by atoms with E-state index in [4.69, 9.17) is 23.2 Å². The average Bonchev–Trinajstić information content (AvgIpc) is 2.95. The smallest absolute Gasteiger partial charge is 0.191 e. The van der Waals surface area contributed by atoms with E-state index in [-0.39, 0.29) is 0 Å². The van der Waals surface area contributed by atoms with Crippen molar-refractivity contribution in [2.45, 2.75) is 18.8 Å². The summed E-state index contributed by atoms with van der Waals surface area (Å²) < 4.78 is 0. The first kappa shape index (κ1) is 10.4. The Hall–Kier alpha value is -0.710. The molecule has 0 aromatic carbocycles. The molecule has 1 fully saturated rings. The van der Waals surface area contributed by atoms with Gasteiger partial charge in [-0.2, -0.15) is 0 Å². The van der Waals surface area contributed by atoms with E-state index in [1.807, 2.05) is 0 Å². The Kier molecular flexibility index (Phi) is 2.58. The lowest BCUT2D eigenvalue weighted by molar-refractivity contribution is 1.04. The molecule has 3 nitrogen and oxygen atoms in total. The molecule has 0 radical (unpaired) electrons. The molecule has 0 amide bonds. The molecule has 6 heteroatoms. The van der Waals surface area contributed by atoms with E-state index < -0.39 is 0 Å². The van der Waals surface area contributed by atoms with Crippen molar-refractivity contribution in [2.24, 2.45) is 0 Å². The van der Waals surface area contributed by atoms with Crippen LogP contribution in [0.3, 0.4) is 0 Å². The van der Waals surface area contributed by atoms with Gasteiger partial charge < -0.3 is 0 Å². The predicted octanol–water partition coefficient (Wildman–Crippen LogP) is 3.78. The van der Waals surface area contributed by atoms with Crippen LogP contribution < -0.4 is 0 Å². The SMILES string of the molecule is Clc1cc(Cl)nc(-c2nc(C3CC3)cs2)n1. The summed E-state index contributed by atoms with van der Waals surface area (Å²) in [5, 5.41) is 3.54.